The highest BCUT2D eigenvalue weighted by Gasteiger charge is 2.24. The van der Waals surface area contributed by atoms with Gasteiger partial charge in [-0.25, -0.2) is 4.98 Å². The molecule has 0 N–H and O–H groups in total. The topological polar surface area (TPSA) is 39.7 Å². The van der Waals surface area contributed by atoms with E-state index in [1.807, 2.05) is 54.4 Å². The second-order valence-electron chi connectivity index (χ2n) is 8.62. The maximum Gasteiger partial charge on any atom is 0.164 e. The lowest BCUT2D eigenvalue weighted by Gasteiger charge is -2.36. The Morgan fingerprint density at radius 2 is 1.48 bits per heavy atom. The average molecular weight is 459 g/mol. The number of nitrogens with zero attached hydrogens (tertiary/aromatic N) is 4. The van der Waals surface area contributed by atoms with E-state index in [-0.39, 0.29) is 5.78 Å². The number of Topliss-reactive ketones (excluding diaryl/α,β-unsaturated/α-hetero) is 1. The molecule has 2 aliphatic rings. The summed E-state index contributed by atoms with van der Waals surface area (Å²) in [5, 5.41) is 0. The minimum Gasteiger partial charge on any atom is -0.324 e. The molecule has 33 heavy (non-hydrogen) atoms. The number of hydrogen-bond donors (Lipinski definition) is 0. The number of benzene rings is 2. The molecule has 0 unspecified atom stereocenters. The molecule has 0 aliphatic carbocycles. The lowest BCUT2D eigenvalue weighted by Crippen LogP contribution is -2.47. The minimum atomic E-state index is 0.242. The highest BCUT2D eigenvalue weighted by atomic mass is 32.2. The van der Waals surface area contributed by atoms with Crippen molar-refractivity contribution in [1.29, 1.82) is 0 Å². The Balaban J connectivity index is 1.09. The quantitative estimate of drug-likeness (QED) is 0.444. The van der Waals surface area contributed by atoms with E-state index in [0.29, 0.717) is 6.42 Å². The van der Waals surface area contributed by atoms with E-state index < -0.39 is 0 Å². The average Bonchev–Trinajstić information content (AvgIpc) is 2.88. The summed E-state index contributed by atoms with van der Waals surface area (Å²) in [7, 11) is 0. The van der Waals surface area contributed by atoms with Crippen LogP contribution < -0.4 is 4.90 Å². The SMILES string of the molecule is O=C(CCN1CCN(CCCN2c3ccccc3Sc3cccnc32)CC1)c1ccccc1. The second-order valence-corrected chi connectivity index (χ2v) is 9.71. The van der Waals surface area contributed by atoms with Gasteiger partial charge in [-0.15, -0.1) is 0 Å². The fourth-order valence-electron chi connectivity index (χ4n) is 4.61. The molecule has 0 atom stereocenters. The first-order chi connectivity index (χ1) is 16.3. The molecule has 170 valence electrons. The van der Waals surface area contributed by atoms with Crippen molar-refractivity contribution in [1.82, 2.24) is 14.8 Å². The number of anilines is 2. The van der Waals surface area contributed by atoms with E-state index in [9.17, 15) is 4.79 Å². The number of carbonyl (C=O) groups is 1. The molecular weight excluding hydrogens is 428 g/mol. The number of carbonyl (C=O) groups excluding carboxylic acids is 1. The van der Waals surface area contributed by atoms with Crippen LogP contribution in [0.1, 0.15) is 23.2 Å². The van der Waals surface area contributed by atoms with Crippen molar-refractivity contribution < 1.29 is 4.79 Å². The van der Waals surface area contributed by atoms with Crippen LogP contribution in [0.4, 0.5) is 11.5 Å². The van der Waals surface area contributed by atoms with Gasteiger partial charge in [-0.1, -0.05) is 54.2 Å². The van der Waals surface area contributed by atoms with Gasteiger partial charge >= 0.3 is 0 Å². The smallest absolute Gasteiger partial charge is 0.164 e. The molecule has 3 heterocycles. The number of piperazine rings is 1. The highest BCUT2D eigenvalue weighted by Crippen LogP contribution is 2.46. The van der Waals surface area contributed by atoms with Gasteiger partial charge in [-0.3, -0.25) is 4.79 Å². The second kappa shape index (κ2) is 10.5. The van der Waals surface area contributed by atoms with Crippen LogP contribution in [-0.4, -0.2) is 66.4 Å². The molecule has 0 spiro atoms. The molecule has 1 aromatic heterocycles. The van der Waals surface area contributed by atoms with Crippen molar-refractivity contribution in [2.24, 2.45) is 0 Å². The van der Waals surface area contributed by atoms with Gasteiger partial charge in [0.05, 0.1) is 10.6 Å². The molecule has 3 aromatic rings. The van der Waals surface area contributed by atoms with Crippen LogP contribution in [0.25, 0.3) is 0 Å². The maximum absolute atomic E-state index is 12.4. The lowest BCUT2D eigenvalue weighted by molar-refractivity contribution is 0.0928. The summed E-state index contributed by atoms with van der Waals surface area (Å²) in [6, 6.07) is 22.4. The van der Waals surface area contributed by atoms with Gasteiger partial charge in [0.15, 0.2) is 5.78 Å². The number of ketones is 1. The molecule has 1 saturated heterocycles. The lowest BCUT2D eigenvalue weighted by atomic mass is 10.1. The Hall–Kier alpha value is -2.67. The van der Waals surface area contributed by atoms with Crippen LogP contribution in [0.15, 0.2) is 82.7 Å². The Bertz CT molecular complexity index is 1040. The third-order valence-corrected chi connectivity index (χ3v) is 7.56. The van der Waals surface area contributed by atoms with E-state index in [4.69, 9.17) is 0 Å². The summed E-state index contributed by atoms with van der Waals surface area (Å²) in [5.41, 5.74) is 2.09. The van der Waals surface area contributed by atoms with Gasteiger partial charge in [-0.05, 0) is 37.2 Å². The van der Waals surface area contributed by atoms with Gasteiger partial charge in [0.1, 0.15) is 5.82 Å². The molecule has 2 aliphatic heterocycles. The van der Waals surface area contributed by atoms with Crippen molar-refractivity contribution in [3.63, 3.8) is 0 Å². The summed E-state index contributed by atoms with van der Waals surface area (Å²) in [6.07, 6.45) is 3.59. The molecular formula is C27H30N4OS. The van der Waals surface area contributed by atoms with Crippen LogP contribution in [0.5, 0.6) is 0 Å². The fraction of sp³-hybridized carbons (Fsp3) is 0.333. The minimum absolute atomic E-state index is 0.242. The summed E-state index contributed by atoms with van der Waals surface area (Å²) in [4.78, 5) is 27.0. The van der Waals surface area contributed by atoms with Crippen molar-refractivity contribution in [2.75, 3.05) is 50.7 Å². The zero-order valence-electron chi connectivity index (χ0n) is 18.9. The van der Waals surface area contributed by atoms with Crippen molar-refractivity contribution >= 4 is 29.1 Å². The summed E-state index contributed by atoms with van der Waals surface area (Å²) in [6.45, 7) is 7.12. The van der Waals surface area contributed by atoms with Gasteiger partial charge in [0.25, 0.3) is 0 Å². The first kappa shape index (κ1) is 22.1. The van der Waals surface area contributed by atoms with E-state index in [2.05, 4.69) is 50.0 Å². The molecule has 0 bridgehead atoms. The molecule has 0 radical (unpaired) electrons. The van der Waals surface area contributed by atoms with E-state index >= 15 is 0 Å². The summed E-state index contributed by atoms with van der Waals surface area (Å²) < 4.78 is 0. The van der Waals surface area contributed by atoms with E-state index in [0.717, 1.165) is 63.6 Å². The standard InChI is InChI=1S/C27H30N4OS/c32-24(22-8-2-1-3-9-22)13-17-30-20-18-29(19-21-30)15-7-16-31-23-10-4-5-11-25(23)33-26-12-6-14-28-27(26)31/h1-6,8-12,14H,7,13,15-21H2. The molecule has 0 saturated carbocycles. The van der Waals surface area contributed by atoms with E-state index in [1.165, 1.54) is 15.5 Å². The fourth-order valence-corrected chi connectivity index (χ4v) is 5.67. The molecule has 6 heteroatoms. The predicted octanol–water partition coefficient (Wildman–Crippen LogP) is 4.97. The first-order valence-electron chi connectivity index (χ1n) is 11.8. The predicted molar refractivity (Wildman–Crippen MR) is 135 cm³/mol. The molecule has 0 amide bonds. The summed E-state index contributed by atoms with van der Waals surface area (Å²) >= 11 is 1.81. The number of pyridine rings is 1. The summed E-state index contributed by atoms with van der Waals surface area (Å²) in [5.74, 6) is 1.32. The maximum atomic E-state index is 12.4. The molecule has 1 fully saturated rings. The monoisotopic (exact) mass is 458 g/mol. The van der Waals surface area contributed by atoms with Crippen LogP contribution in [0, 0.1) is 0 Å². The van der Waals surface area contributed by atoms with Gasteiger partial charge in [-0.2, -0.15) is 0 Å². The number of para-hydroxylation sites is 1. The zero-order valence-corrected chi connectivity index (χ0v) is 19.7. The van der Waals surface area contributed by atoms with Gasteiger partial charge in [0.2, 0.25) is 0 Å². The van der Waals surface area contributed by atoms with Crippen molar-refractivity contribution in [3.8, 4) is 0 Å². The van der Waals surface area contributed by atoms with E-state index in [1.54, 1.807) is 0 Å². The van der Waals surface area contributed by atoms with Crippen LogP contribution in [0.3, 0.4) is 0 Å². The molecule has 5 nitrogen and oxygen atoms in total. The third kappa shape index (κ3) is 5.29. The number of rotatable bonds is 8. The first-order valence-corrected chi connectivity index (χ1v) is 12.6. The number of aromatic nitrogens is 1. The van der Waals surface area contributed by atoms with Gasteiger partial charge < -0.3 is 14.7 Å². The van der Waals surface area contributed by atoms with Crippen LogP contribution in [0.2, 0.25) is 0 Å². The van der Waals surface area contributed by atoms with Gasteiger partial charge in [0, 0.05) is 62.3 Å². The Kier molecular flexibility index (Phi) is 7.05. The van der Waals surface area contributed by atoms with Crippen LogP contribution >= 0.6 is 11.8 Å². The van der Waals surface area contributed by atoms with Crippen molar-refractivity contribution in [2.45, 2.75) is 22.6 Å². The largest absolute Gasteiger partial charge is 0.324 e. The Morgan fingerprint density at radius 3 is 2.30 bits per heavy atom. The third-order valence-electron chi connectivity index (χ3n) is 6.45. The highest BCUT2D eigenvalue weighted by molar-refractivity contribution is 7.99. The molecule has 5 rings (SSSR count). The Labute approximate surface area is 200 Å². The normalized spacial score (nSPS) is 16.3. The number of hydrogen-bond acceptors (Lipinski definition) is 6. The number of fused-ring (bicyclic) bond motifs is 2. The zero-order chi connectivity index (χ0) is 22.5. The van der Waals surface area contributed by atoms with Crippen LogP contribution in [-0.2, 0) is 0 Å². The Morgan fingerprint density at radius 1 is 0.788 bits per heavy atom. The van der Waals surface area contributed by atoms with Crippen molar-refractivity contribution in [3.05, 3.63) is 78.5 Å². The molecule has 2 aromatic carbocycles.